The Morgan fingerprint density at radius 1 is 1.50 bits per heavy atom. The number of fused-ring (bicyclic) bond motifs is 1. The van der Waals surface area contributed by atoms with E-state index in [-0.39, 0.29) is 12.5 Å². The van der Waals surface area contributed by atoms with E-state index >= 15 is 0 Å². The summed E-state index contributed by atoms with van der Waals surface area (Å²) in [5, 5.41) is 0. The lowest BCUT2D eigenvalue weighted by Gasteiger charge is -2.29. The fourth-order valence-corrected chi connectivity index (χ4v) is 1.70. The molecule has 0 radical (unpaired) electrons. The Labute approximate surface area is 100 Å². The zero-order chi connectivity index (χ0) is 11.5. The van der Waals surface area contributed by atoms with E-state index in [4.69, 9.17) is 4.74 Å². The highest BCUT2D eigenvalue weighted by atomic mass is 32.1. The van der Waals surface area contributed by atoms with Crippen molar-refractivity contribution in [2.24, 2.45) is 0 Å². The smallest absolute Gasteiger partial charge is 0.265 e. The molecule has 3 nitrogen and oxygen atoms in total. The summed E-state index contributed by atoms with van der Waals surface area (Å²) in [7, 11) is 0. The molecule has 4 heteroatoms. The SMILES string of the molecule is C=C(CS)CN1C(=O)COc2ccccc21. The zero-order valence-corrected chi connectivity index (χ0v) is 9.74. The Morgan fingerprint density at radius 2 is 2.25 bits per heavy atom. The monoisotopic (exact) mass is 235 g/mol. The molecule has 0 fully saturated rings. The van der Waals surface area contributed by atoms with Crippen molar-refractivity contribution < 1.29 is 9.53 Å². The molecule has 0 spiro atoms. The van der Waals surface area contributed by atoms with E-state index in [0.717, 1.165) is 17.0 Å². The van der Waals surface area contributed by atoms with Gasteiger partial charge >= 0.3 is 0 Å². The van der Waals surface area contributed by atoms with Crippen molar-refractivity contribution in [3.63, 3.8) is 0 Å². The molecule has 0 N–H and O–H groups in total. The molecule has 0 atom stereocenters. The molecule has 0 aromatic heterocycles. The Kier molecular flexibility index (Phi) is 3.19. The van der Waals surface area contributed by atoms with Crippen LogP contribution in [0, 0.1) is 0 Å². The highest BCUT2D eigenvalue weighted by Gasteiger charge is 2.24. The molecular weight excluding hydrogens is 222 g/mol. The first kappa shape index (κ1) is 11.1. The highest BCUT2D eigenvalue weighted by Crippen LogP contribution is 2.31. The van der Waals surface area contributed by atoms with Gasteiger partial charge in [-0.05, 0) is 17.7 Å². The van der Waals surface area contributed by atoms with Gasteiger partial charge < -0.3 is 9.64 Å². The molecule has 16 heavy (non-hydrogen) atoms. The van der Waals surface area contributed by atoms with Crippen molar-refractivity contribution in [3.8, 4) is 5.75 Å². The van der Waals surface area contributed by atoms with Gasteiger partial charge in [-0.25, -0.2) is 0 Å². The third kappa shape index (κ3) is 2.07. The molecule has 1 aliphatic heterocycles. The number of hydrogen-bond acceptors (Lipinski definition) is 3. The van der Waals surface area contributed by atoms with E-state index in [1.807, 2.05) is 24.3 Å². The second kappa shape index (κ2) is 4.61. The number of ether oxygens (including phenoxy) is 1. The maximum Gasteiger partial charge on any atom is 0.265 e. The summed E-state index contributed by atoms with van der Waals surface area (Å²) < 4.78 is 5.34. The first-order valence-electron chi connectivity index (χ1n) is 5.02. The largest absolute Gasteiger partial charge is 0.482 e. The molecule has 1 aromatic rings. The van der Waals surface area contributed by atoms with Crippen LogP contribution < -0.4 is 9.64 Å². The van der Waals surface area contributed by atoms with Crippen LogP contribution in [0.5, 0.6) is 5.75 Å². The molecule has 1 heterocycles. The van der Waals surface area contributed by atoms with Crippen LogP contribution in [0.1, 0.15) is 0 Å². The van der Waals surface area contributed by atoms with Crippen LogP contribution in [0.3, 0.4) is 0 Å². The van der Waals surface area contributed by atoms with Crippen LogP contribution >= 0.6 is 12.6 Å². The Bertz CT molecular complexity index is 431. The Morgan fingerprint density at radius 3 is 3.00 bits per heavy atom. The van der Waals surface area contributed by atoms with Crippen molar-refractivity contribution in [1.82, 2.24) is 0 Å². The van der Waals surface area contributed by atoms with Gasteiger partial charge in [-0.15, -0.1) is 0 Å². The van der Waals surface area contributed by atoms with Crippen molar-refractivity contribution in [2.45, 2.75) is 0 Å². The normalized spacial score (nSPS) is 14.3. The van der Waals surface area contributed by atoms with Crippen molar-refractivity contribution in [2.75, 3.05) is 23.8 Å². The summed E-state index contributed by atoms with van der Waals surface area (Å²) in [6, 6.07) is 7.51. The van der Waals surface area contributed by atoms with E-state index in [1.54, 1.807) is 4.90 Å². The lowest BCUT2D eigenvalue weighted by atomic mass is 10.2. The van der Waals surface area contributed by atoms with Crippen molar-refractivity contribution in [1.29, 1.82) is 0 Å². The van der Waals surface area contributed by atoms with Gasteiger partial charge in [0.25, 0.3) is 5.91 Å². The van der Waals surface area contributed by atoms with Crippen LogP contribution in [0.4, 0.5) is 5.69 Å². The number of carbonyl (C=O) groups is 1. The lowest BCUT2D eigenvalue weighted by Crippen LogP contribution is -2.40. The maximum atomic E-state index is 11.7. The van der Waals surface area contributed by atoms with E-state index in [9.17, 15) is 4.79 Å². The van der Waals surface area contributed by atoms with Crippen LogP contribution in [0.25, 0.3) is 0 Å². The fourth-order valence-electron chi connectivity index (χ4n) is 1.60. The molecule has 1 amide bonds. The van der Waals surface area contributed by atoms with E-state index in [2.05, 4.69) is 19.2 Å². The van der Waals surface area contributed by atoms with E-state index in [1.165, 1.54) is 0 Å². The van der Waals surface area contributed by atoms with Crippen molar-refractivity contribution >= 4 is 24.2 Å². The van der Waals surface area contributed by atoms with Gasteiger partial charge in [0.15, 0.2) is 6.61 Å². The fraction of sp³-hybridized carbons (Fsp3) is 0.250. The number of carbonyl (C=O) groups excluding carboxylic acids is 1. The number of para-hydroxylation sites is 2. The predicted molar refractivity (Wildman–Crippen MR) is 67.3 cm³/mol. The van der Waals surface area contributed by atoms with Crippen LogP contribution in [-0.4, -0.2) is 24.8 Å². The summed E-state index contributed by atoms with van der Waals surface area (Å²) in [6.45, 7) is 4.46. The molecule has 0 aliphatic carbocycles. The van der Waals surface area contributed by atoms with Gasteiger partial charge in [0.1, 0.15) is 5.75 Å². The minimum atomic E-state index is -0.0402. The standard InChI is InChI=1S/C12H13NO2S/c1-9(8-16)6-13-10-4-2-3-5-11(10)15-7-12(13)14/h2-5,16H,1,6-8H2. The number of rotatable bonds is 3. The quantitative estimate of drug-likeness (QED) is 0.640. The van der Waals surface area contributed by atoms with E-state index in [0.29, 0.717) is 12.3 Å². The number of amides is 1. The third-order valence-electron chi connectivity index (χ3n) is 2.41. The zero-order valence-electron chi connectivity index (χ0n) is 8.85. The van der Waals surface area contributed by atoms with Gasteiger partial charge in [0.2, 0.25) is 0 Å². The molecule has 1 aliphatic rings. The number of hydrogen-bond donors (Lipinski definition) is 1. The number of thiol groups is 1. The lowest BCUT2D eigenvalue weighted by molar-refractivity contribution is -0.121. The molecule has 0 saturated carbocycles. The number of nitrogens with zero attached hydrogens (tertiary/aromatic N) is 1. The molecule has 0 bridgehead atoms. The predicted octanol–water partition coefficient (Wildman–Crippen LogP) is 1.90. The second-order valence-corrected chi connectivity index (χ2v) is 3.96. The molecule has 0 unspecified atom stereocenters. The summed E-state index contributed by atoms with van der Waals surface area (Å²) in [6.07, 6.45) is 0. The first-order valence-corrected chi connectivity index (χ1v) is 5.65. The second-order valence-electron chi connectivity index (χ2n) is 3.64. The maximum absolute atomic E-state index is 11.7. The van der Waals surface area contributed by atoms with Crippen LogP contribution in [0.2, 0.25) is 0 Å². The Hall–Kier alpha value is -1.42. The minimum Gasteiger partial charge on any atom is -0.482 e. The topological polar surface area (TPSA) is 29.5 Å². The average molecular weight is 235 g/mol. The van der Waals surface area contributed by atoms with Gasteiger partial charge in [-0.1, -0.05) is 18.7 Å². The number of anilines is 1. The molecular formula is C12H13NO2S. The molecule has 2 rings (SSSR count). The third-order valence-corrected chi connectivity index (χ3v) is 2.86. The van der Waals surface area contributed by atoms with Crippen molar-refractivity contribution in [3.05, 3.63) is 36.4 Å². The van der Waals surface area contributed by atoms with Gasteiger partial charge in [-0.2, -0.15) is 12.6 Å². The van der Waals surface area contributed by atoms with Gasteiger partial charge in [0.05, 0.1) is 5.69 Å². The highest BCUT2D eigenvalue weighted by molar-refractivity contribution is 7.80. The van der Waals surface area contributed by atoms with Crippen LogP contribution in [-0.2, 0) is 4.79 Å². The minimum absolute atomic E-state index is 0.0402. The molecule has 84 valence electrons. The summed E-state index contributed by atoms with van der Waals surface area (Å²) in [5.74, 6) is 1.28. The number of benzene rings is 1. The molecule has 0 saturated heterocycles. The summed E-state index contributed by atoms with van der Waals surface area (Å²) >= 11 is 4.15. The average Bonchev–Trinajstić information content (AvgIpc) is 2.32. The molecule has 1 aromatic carbocycles. The Balaban J connectivity index is 2.29. The first-order chi connectivity index (χ1) is 7.72. The van der Waals surface area contributed by atoms with Gasteiger partial charge in [0, 0.05) is 12.3 Å². The van der Waals surface area contributed by atoms with Crippen LogP contribution in [0.15, 0.2) is 36.4 Å². The van der Waals surface area contributed by atoms with Gasteiger partial charge in [-0.3, -0.25) is 4.79 Å². The van der Waals surface area contributed by atoms with E-state index < -0.39 is 0 Å². The summed E-state index contributed by atoms with van der Waals surface area (Å²) in [5.41, 5.74) is 1.72. The summed E-state index contributed by atoms with van der Waals surface area (Å²) in [4.78, 5) is 13.4.